The first-order valence-corrected chi connectivity index (χ1v) is 13.1. The number of carbonyl (C=O) groups excluding carboxylic acids is 1. The molecule has 32 heavy (non-hydrogen) atoms. The van der Waals surface area contributed by atoms with Crippen LogP contribution >= 0.6 is 11.8 Å². The highest BCUT2D eigenvalue weighted by atomic mass is 32.2. The number of benzene rings is 1. The van der Waals surface area contributed by atoms with Gasteiger partial charge in [-0.2, -0.15) is 5.26 Å². The van der Waals surface area contributed by atoms with Crippen molar-refractivity contribution >= 4 is 23.5 Å². The second kappa shape index (κ2) is 11.6. The third-order valence-electron chi connectivity index (χ3n) is 6.75. The Morgan fingerprint density at radius 1 is 1.12 bits per heavy atom. The summed E-state index contributed by atoms with van der Waals surface area (Å²) in [6.45, 7) is 2.72. The zero-order valence-corrected chi connectivity index (χ0v) is 19.6. The molecule has 0 spiro atoms. The topological polar surface area (TPSA) is 80.2 Å². The predicted octanol–water partition coefficient (Wildman–Crippen LogP) is 4.14. The molecule has 2 heterocycles. The lowest BCUT2D eigenvalue weighted by Crippen LogP contribution is -2.58. The van der Waals surface area contributed by atoms with Crippen molar-refractivity contribution in [2.75, 3.05) is 30.3 Å². The van der Waals surface area contributed by atoms with E-state index in [4.69, 9.17) is 5.26 Å². The Morgan fingerprint density at radius 3 is 2.69 bits per heavy atom. The normalized spacial score (nSPS) is 25.7. The van der Waals surface area contributed by atoms with Gasteiger partial charge in [0.25, 0.3) is 0 Å². The van der Waals surface area contributed by atoms with Crippen molar-refractivity contribution in [1.82, 2.24) is 16.0 Å². The second-order valence-corrected chi connectivity index (χ2v) is 10.3. The van der Waals surface area contributed by atoms with Gasteiger partial charge >= 0.3 is 6.03 Å². The number of hydrogen-bond donors (Lipinski definition) is 3. The molecule has 172 valence electrons. The van der Waals surface area contributed by atoms with Gasteiger partial charge in [0.2, 0.25) is 0 Å². The smallest absolute Gasteiger partial charge is 0.315 e. The van der Waals surface area contributed by atoms with E-state index >= 15 is 0 Å². The number of nitrogens with one attached hydrogen (secondary N) is 3. The lowest BCUT2D eigenvalue weighted by molar-refractivity contribution is 0.217. The highest BCUT2D eigenvalue weighted by Crippen LogP contribution is 2.27. The summed E-state index contributed by atoms with van der Waals surface area (Å²) in [7, 11) is 0. The van der Waals surface area contributed by atoms with Gasteiger partial charge in [-0.3, -0.25) is 0 Å². The number of nitrogens with zero attached hydrogens (tertiary/aromatic N) is 2. The van der Waals surface area contributed by atoms with E-state index in [1.54, 1.807) is 0 Å². The molecule has 2 amide bonds. The van der Waals surface area contributed by atoms with Crippen molar-refractivity contribution in [3.05, 3.63) is 40.8 Å². The fourth-order valence-corrected chi connectivity index (χ4v) is 6.04. The number of thioether (sulfide) groups is 1. The van der Waals surface area contributed by atoms with Gasteiger partial charge in [-0.15, -0.1) is 11.8 Å². The molecular weight excluding hydrogens is 418 g/mol. The molecular formula is C25H35N5OS. The second-order valence-electron chi connectivity index (χ2n) is 9.07. The predicted molar refractivity (Wildman–Crippen MR) is 132 cm³/mol. The maximum atomic E-state index is 12.5. The molecule has 1 saturated carbocycles. The van der Waals surface area contributed by atoms with Gasteiger partial charge in [0.1, 0.15) is 0 Å². The minimum Gasteiger partial charge on any atom is -0.370 e. The molecule has 3 atom stereocenters. The molecule has 1 aromatic rings. The highest BCUT2D eigenvalue weighted by Gasteiger charge is 2.30. The third-order valence-corrected chi connectivity index (χ3v) is 7.93. The summed E-state index contributed by atoms with van der Waals surface area (Å²) in [5.41, 5.74) is 1.89. The van der Waals surface area contributed by atoms with Crippen LogP contribution in [-0.2, 0) is 0 Å². The van der Waals surface area contributed by atoms with Crippen LogP contribution in [0.2, 0.25) is 0 Å². The van der Waals surface area contributed by atoms with Crippen LogP contribution in [0.1, 0.15) is 56.9 Å². The largest absolute Gasteiger partial charge is 0.370 e. The first-order valence-electron chi connectivity index (χ1n) is 12.1. The minimum atomic E-state index is -0.0323. The molecule has 3 unspecified atom stereocenters. The lowest BCUT2D eigenvalue weighted by Gasteiger charge is -2.40. The first-order chi connectivity index (χ1) is 15.7. The highest BCUT2D eigenvalue weighted by molar-refractivity contribution is 8.03. The summed E-state index contributed by atoms with van der Waals surface area (Å²) in [5.74, 6) is 1.18. The third kappa shape index (κ3) is 6.43. The molecule has 1 saturated heterocycles. The van der Waals surface area contributed by atoms with Gasteiger partial charge in [-0.25, -0.2) is 4.79 Å². The van der Waals surface area contributed by atoms with Crippen LogP contribution in [0.4, 0.5) is 10.5 Å². The number of nitriles is 1. The Bertz CT molecular complexity index is 834. The van der Waals surface area contributed by atoms with Crippen LogP contribution in [0.5, 0.6) is 0 Å². The Kier molecular flexibility index (Phi) is 8.36. The fourth-order valence-electron chi connectivity index (χ4n) is 5.06. The number of anilines is 1. The van der Waals surface area contributed by atoms with Crippen LogP contribution in [0.3, 0.4) is 0 Å². The molecule has 3 N–H and O–H groups in total. The SMILES string of the molecule is N#Cc1ccc(N2CCCC(NC3CCCCC3NC(=O)NCCC3=CCCS3)C2)cc1. The van der Waals surface area contributed by atoms with E-state index in [0.717, 1.165) is 51.6 Å². The van der Waals surface area contributed by atoms with Gasteiger partial charge in [-0.1, -0.05) is 18.9 Å². The molecule has 1 aliphatic carbocycles. The maximum Gasteiger partial charge on any atom is 0.315 e. The Morgan fingerprint density at radius 2 is 1.94 bits per heavy atom. The molecule has 3 aliphatic rings. The maximum absolute atomic E-state index is 12.5. The van der Waals surface area contributed by atoms with Crippen LogP contribution in [0, 0.1) is 11.3 Å². The van der Waals surface area contributed by atoms with Crippen molar-refractivity contribution in [1.29, 1.82) is 5.26 Å². The Hall–Kier alpha value is -2.17. The van der Waals surface area contributed by atoms with E-state index < -0.39 is 0 Å². The summed E-state index contributed by atoms with van der Waals surface area (Å²) in [5, 5.41) is 19.2. The Labute approximate surface area is 196 Å². The van der Waals surface area contributed by atoms with Gasteiger partial charge in [-0.05, 0) is 67.7 Å². The number of allylic oxidation sites excluding steroid dienone is 1. The number of hydrogen-bond acceptors (Lipinski definition) is 5. The molecule has 6 nitrogen and oxygen atoms in total. The number of urea groups is 1. The molecule has 2 aliphatic heterocycles. The first kappa shape index (κ1) is 23.0. The minimum absolute atomic E-state index is 0.0323. The average Bonchev–Trinajstić information content (AvgIpc) is 3.34. The number of amides is 2. The standard InChI is InChI=1S/C25H35N5OS/c26-17-19-9-11-21(12-10-19)30-15-3-5-20(18-30)28-23-7-1-2-8-24(23)29-25(31)27-14-13-22-6-4-16-32-22/h6,9-12,20,23-24,28H,1-5,7-8,13-16,18H2,(H2,27,29,31). The van der Waals surface area contributed by atoms with Crippen molar-refractivity contribution in [3.8, 4) is 6.07 Å². The number of carbonyl (C=O) groups is 1. The molecule has 7 heteroatoms. The van der Waals surface area contributed by atoms with Crippen molar-refractivity contribution < 1.29 is 4.79 Å². The fraction of sp³-hybridized carbons (Fsp3) is 0.600. The molecule has 1 aromatic carbocycles. The summed E-state index contributed by atoms with van der Waals surface area (Å²) >= 11 is 1.91. The van der Waals surface area contributed by atoms with E-state index in [2.05, 4.69) is 45.1 Å². The summed E-state index contributed by atoms with van der Waals surface area (Å²) in [6.07, 6.45) is 11.2. The van der Waals surface area contributed by atoms with E-state index in [1.807, 2.05) is 23.9 Å². The van der Waals surface area contributed by atoms with Crippen LogP contribution in [0.15, 0.2) is 35.2 Å². The van der Waals surface area contributed by atoms with Crippen LogP contribution in [0.25, 0.3) is 0 Å². The molecule has 0 aromatic heterocycles. The van der Waals surface area contributed by atoms with E-state index in [1.165, 1.54) is 29.2 Å². The molecule has 2 fully saturated rings. The van der Waals surface area contributed by atoms with Crippen molar-refractivity contribution in [2.24, 2.45) is 0 Å². The monoisotopic (exact) mass is 453 g/mol. The summed E-state index contributed by atoms with van der Waals surface area (Å²) in [4.78, 5) is 16.3. The number of piperidine rings is 1. The molecule has 4 rings (SSSR count). The summed E-state index contributed by atoms with van der Waals surface area (Å²) < 4.78 is 0. The van der Waals surface area contributed by atoms with Gasteiger partial charge in [0.15, 0.2) is 0 Å². The van der Waals surface area contributed by atoms with Crippen LogP contribution in [-0.4, -0.2) is 49.5 Å². The van der Waals surface area contributed by atoms with Gasteiger partial charge in [0, 0.05) is 49.2 Å². The van der Waals surface area contributed by atoms with Gasteiger partial charge in [0.05, 0.1) is 11.6 Å². The zero-order valence-electron chi connectivity index (χ0n) is 18.8. The van der Waals surface area contributed by atoms with Crippen molar-refractivity contribution in [3.63, 3.8) is 0 Å². The molecule has 0 radical (unpaired) electrons. The average molecular weight is 454 g/mol. The molecule has 0 bridgehead atoms. The quantitative estimate of drug-likeness (QED) is 0.578. The zero-order chi connectivity index (χ0) is 22.2. The summed E-state index contributed by atoms with van der Waals surface area (Å²) in [6, 6.07) is 11.0. The van der Waals surface area contributed by atoms with E-state index in [-0.39, 0.29) is 12.1 Å². The van der Waals surface area contributed by atoms with E-state index in [9.17, 15) is 4.79 Å². The Balaban J connectivity index is 1.26. The van der Waals surface area contributed by atoms with E-state index in [0.29, 0.717) is 24.2 Å². The van der Waals surface area contributed by atoms with Crippen LogP contribution < -0.4 is 20.9 Å². The lowest BCUT2D eigenvalue weighted by atomic mass is 9.89. The number of rotatable bonds is 7. The van der Waals surface area contributed by atoms with Crippen molar-refractivity contribution in [2.45, 2.75) is 69.5 Å². The van der Waals surface area contributed by atoms with Gasteiger partial charge < -0.3 is 20.9 Å².